The molecule has 1 aromatic rings. The van der Waals surface area contributed by atoms with Gasteiger partial charge in [-0.25, -0.2) is 9.18 Å². The number of allylic oxidation sites excluding steroid dienone is 1. The zero-order chi connectivity index (χ0) is 16.3. The van der Waals surface area contributed by atoms with Crippen LogP contribution < -0.4 is 0 Å². The van der Waals surface area contributed by atoms with Crippen LogP contribution in [0.3, 0.4) is 0 Å². The number of hydrogen-bond donors (Lipinski definition) is 1. The van der Waals surface area contributed by atoms with Crippen LogP contribution in [0.5, 0.6) is 0 Å². The topological polar surface area (TPSA) is 77.9 Å². The molecule has 0 saturated carbocycles. The van der Waals surface area contributed by atoms with Crippen LogP contribution >= 0.6 is 0 Å². The van der Waals surface area contributed by atoms with Crippen molar-refractivity contribution >= 4 is 17.9 Å². The van der Waals surface area contributed by atoms with E-state index in [2.05, 4.69) is 6.58 Å². The molecule has 1 saturated heterocycles. The Kier molecular flexibility index (Phi) is 4.25. The first-order chi connectivity index (χ1) is 10.4. The Balaban J connectivity index is 2.36. The Morgan fingerprint density at radius 1 is 1.36 bits per heavy atom. The molecule has 0 unspecified atom stereocenters. The molecule has 0 aliphatic carbocycles. The van der Waals surface area contributed by atoms with Gasteiger partial charge in [0.2, 0.25) is 5.67 Å². The molecule has 0 spiro atoms. The van der Waals surface area contributed by atoms with Crippen molar-refractivity contribution in [1.29, 1.82) is 0 Å². The van der Waals surface area contributed by atoms with Crippen molar-refractivity contribution in [2.75, 3.05) is 13.2 Å². The second-order valence-corrected chi connectivity index (χ2v) is 4.98. The summed E-state index contributed by atoms with van der Waals surface area (Å²) in [6.45, 7) is 2.26. The van der Waals surface area contributed by atoms with E-state index < -0.39 is 36.8 Å². The average Bonchev–Trinajstić information content (AvgIpc) is 2.50. The molecule has 116 valence electrons. The van der Waals surface area contributed by atoms with Crippen LogP contribution in [0, 0.1) is 0 Å². The number of rotatable bonds is 3. The first kappa shape index (κ1) is 15.7. The van der Waals surface area contributed by atoms with Crippen molar-refractivity contribution in [2.24, 2.45) is 0 Å². The van der Waals surface area contributed by atoms with Crippen LogP contribution in [-0.4, -0.2) is 51.7 Å². The molecule has 1 aromatic carbocycles. The molecule has 0 aromatic heterocycles. The molecule has 0 bridgehead atoms. The fraction of sp³-hybridized carbons (Fsp3) is 0.267. The van der Waals surface area contributed by atoms with Gasteiger partial charge in [0.1, 0.15) is 6.67 Å². The molecule has 1 fully saturated rings. The molecule has 1 atom stereocenters. The molecule has 1 aliphatic heterocycles. The van der Waals surface area contributed by atoms with E-state index in [1.54, 1.807) is 18.2 Å². The van der Waals surface area contributed by atoms with Gasteiger partial charge >= 0.3 is 6.09 Å². The summed E-state index contributed by atoms with van der Waals surface area (Å²) in [5.41, 5.74) is -2.30. The minimum absolute atomic E-state index is 0.184. The van der Waals surface area contributed by atoms with E-state index in [9.17, 15) is 18.8 Å². The number of halogens is 1. The van der Waals surface area contributed by atoms with Crippen LogP contribution in [0.15, 0.2) is 43.0 Å². The highest BCUT2D eigenvalue weighted by atomic mass is 19.1. The van der Waals surface area contributed by atoms with Gasteiger partial charge in [-0.2, -0.15) is 0 Å². The largest absolute Gasteiger partial charge is 0.465 e. The average molecular weight is 306 g/mol. The zero-order valence-corrected chi connectivity index (χ0v) is 11.7. The number of carbonyl (C=O) groups excluding carboxylic acids is 2. The molecular weight excluding hydrogens is 291 g/mol. The quantitative estimate of drug-likeness (QED) is 0.683. The predicted molar refractivity (Wildman–Crippen MR) is 75.9 cm³/mol. The minimum atomic E-state index is -2.48. The molecule has 1 heterocycles. The van der Waals surface area contributed by atoms with Gasteiger partial charge in [-0.15, -0.1) is 6.58 Å². The summed E-state index contributed by atoms with van der Waals surface area (Å²) in [6, 6.07) is 7.84. The maximum atomic E-state index is 14.8. The number of carbonyl (C=O) groups is 3. The van der Waals surface area contributed by atoms with Crippen LogP contribution in [-0.2, 0) is 4.79 Å². The number of imide groups is 1. The number of carboxylic acid groups (broad SMARTS) is 1. The van der Waals surface area contributed by atoms with Crippen LogP contribution in [0.4, 0.5) is 9.18 Å². The van der Waals surface area contributed by atoms with Crippen molar-refractivity contribution in [2.45, 2.75) is 12.1 Å². The van der Waals surface area contributed by atoms with E-state index in [4.69, 9.17) is 5.11 Å². The maximum absolute atomic E-state index is 14.8. The summed E-state index contributed by atoms with van der Waals surface area (Å²) in [5, 5.41) is 9.08. The van der Waals surface area contributed by atoms with Gasteiger partial charge in [-0.3, -0.25) is 19.4 Å². The van der Waals surface area contributed by atoms with Gasteiger partial charge in [0, 0.05) is 12.0 Å². The lowest BCUT2D eigenvalue weighted by molar-refractivity contribution is -0.149. The standard InChI is InChI=1S/C15H15FN2O4/c1-2-8-15(16)9-17(14(21)22)10-18(13(15)20)12(19)11-6-4-3-5-7-11/h2-7H,1,8-10H2,(H,21,22)/t15-/m0/s1. The van der Waals surface area contributed by atoms with Gasteiger partial charge in [-0.05, 0) is 12.1 Å². The smallest absolute Gasteiger partial charge is 0.408 e. The number of nitrogens with zero attached hydrogens (tertiary/aromatic N) is 2. The Morgan fingerprint density at radius 3 is 2.55 bits per heavy atom. The molecule has 6 nitrogen and oxygen atoms in total. The highest BCUT2D eigenvalue weighted by molar-refractivity contribution is 6.07. The summed E-state index contributed by atoms with van der Waals surface area (Å²) in [5.74, 6) is -1.78. The van der Waals surface area contributed by atoms with Crippen molar-refractivity contribution < 1.29 is 23.9 Å². The summed E-state index contributed by atoms with van der Waals surface area (Å²) < 4.78 is 14.8. The van der Waals surface area contributed by atoms with E-state index >= 15 is 0 Å². The normalized spacial score (nSPS) is 21.6. The molecule has 1 aliphatic rings. The highest BCUT2D eigenvalue weighted by Gasteiger charge is 2.49. The fourth-order valence-corrected chi connectivity index (χ4v) is 2.30. The van der Waals surface area contributed by atoms with Crippen LogP contribution in [0.1, 0.15) is 16.8 Å². The SMILES string of the molecule is C=CC[C@]1(F)CN(C(=O)O)CN(C(=O)c2ccccc2)C1=O. The van der Waals surface area contributed by atoms with Gasteiger partial charge < -0.3 is 5.11 Å². The molecule has 3 amide bonds. The first-order valence-corrected chi connectivity index (χ1v) is 6.58. The molecule has 22 heavy (non-hydrogen) atoms. The zero-order valence-electron chi connectivity index (χ0n) is 11.7. The van der Waals surface area contributed by atoms with Crippen molar-refractivity contribution in [3.05, 3.63) is 48.6 Å². The molecular formula is C15H15FN2O4. The molecule has 1 N–H and O–H groups in total. The Morgan fingerprint density at radius 2 is 2.00 bits per heavy atom. The van der Waals surface area contributed by atoms with Crippen molar-refractivity contribution in [3.8, 4) is 0 Å². The van der Waals surface area contributed by atoms with E-state index in [0.29, 0.717) is 9.80 Å². The van der Waals surface area contributed by atoms with Crippen molar-refractivity contribution in [3.63, 3.8) is 0 Å². The first-order valence-electron chi connectivity index (χ1n) is 6.58. The second kappa shape index (κ2) is 5.97. The monoisotopic (exact) mass is 306 g/mol. The molecule has 7 heteroatoms. The van der Waals surface area contributed by atoms with Gasteiger partial charge in [0.25, 0.3) is 11.8 Å². The van der Waals surface area contributed by atoms with Crippen LogP contribution in [0.2, 0.25) is 0 Å². The minimum Gasteiger partial charge on any atom is -0.465 e. The second-order valence-electron chi connectivity index (χ2n) is 4.98. The van der Waals surface area contributed by atoms with Gasteiger partial charge in [-0.1, -0.05) is 24.3 Å². The predicted octanol–water partition coefficient (Wildman–Crippen LogP) is 1.89. The lowest BCUT2D eigenvalue weighted by Crippen LogP contribution is -2.63. The van der Waals surface area contributed by atoms with E-state index in [0.717, 1.165) is 0 Å². The number of hydrogen-bond acceptors (Lipinski definition) is 3. The van der Waals surface area contributed by atoms with Gasteiger partial charge in [0.15, 0.2) is 0 Å². The summed E-state index contributed by atoms with van der Waals surface area (Å²) >= 11 is 0. The number of alkyl halides is 1. The van der Waals surface area contributed by atoms with E-state index in [1.165, 1.54) is 18.2 Å². The lowest BCUT2D eigenvalue weighted by Gasteiger charge is -2.40. The molecule has 2 rings (SSSR count). The third-order valence-electron chi connectivity index (χ3n) is 3.39. The lowest BCUT2D eigenvalue weighted by atomic mass is 9.96. The Bertz CT molecular complexity index is 619. The van der Waals surface area contributed by atoms with Crippen LogP contribution in [0.25, 0.3) is 0 Å². The third-order valence-corrected chi connectivity index (χ3v) is 3.39. The Hall–Kier alpha value is -2.70. The fourth-order valence-electron chi connectivity index (χ4n) is 2.30. The summed E-state index contributed by atoms with van der Waals surface area (Å²) in [7, 11) is 0. The van der Waals surface area contributed by atoms with Gasteiger partial charge in [0.05, 0.1) is 6.54 Å². The van der Waals surface area contributed by atoms with E-state index in [-0.39, 0.29) is 12.0 Å². The molecule has 0 radical (unpaired) electrons. The Labute approximate surface area is 126 Å². The highest BCUT2D eigenvalue weighted by Crippen LogP contribution is 2.27. The van der Waals surface area contributed by atoms with E-state index in [1.807, 2.05) is 0 Å². The number of amides is 3. The van der Waals surface area contributed by atoms with Crippen molar-refractivity contribution in [1.82, 2.24) is 9.80 Å². The summed E-state index contributed by atoms with van der Waals surface area (Å²) in [6.07, 6.45) is -0.577. The third kappa shape index (κ3) is 2.83. The number of benzene rings is 1. The summed E-state index contributed by atoms with van der Waals surface area (Å²) in [4.78, 5) is 37.1. The maximum Gasteiger partial charge on any atom is 0.408 e.